The van der Waals surface area contributed by atoms with Gasteiger partial charge in [0.25, 0.3) is 0 Å². The summed E-state index contributed by atoms with van der Waals surface area (Å²) >= 11 is 0. The molecule has 0 radical (unpaired) electrons. The minimum Gasteiger partial charge on any atom is -0.478 e. The number of carboxylic acid groups (broad SMARTS) is 1. The van der Waals surface area contributed by atoms with Crippen LogP contribution >= 0.6 is 0 Å². The Morgan fingerprint density at radius 1 is 1.08 bits per heavy atom. The van der Waals surface area contributed by atoms with Gasteiger partial charge in [-0.25, -0.2) is 9.59 Å². The van der Waals surface area contributed by atoms with Crippen molar-refractivity contribution in [3.63, 3.8) is 0 Å². The van der Waals surface area contributed by atoms with Gasteiger partial charge >= 0.3 is 17.9 Å². The third kappa shape index (κ3) is 4.76. The second-order valence-corrected chi connectivity index (χ2v) is 5.85. The van der Waals surface area contributed by atoms with Crippen molar-refractivity contribution in [1.29, 1.82) is 0 Å². The van der Waals surface area contributed by atoms with Crippen molar-refractivity contribution in [2.75, 3.05) is 0 Å². The topological polar surface area (TPSA) is 80.7 Å². The number of aromatic carboxylic acids is 1. The Morgan fingerprint density at radius 2 is 1.76 bits per heavy atom. The van der Waals surface area contributed by atoms with E-state index in [1.54, 1.807) is 49.4 Å². The molecule has 0 heterocycles. The molecule has 0 aromatic heterocycles. The van der Waals surface area contributed by atoms with Gasteiger partial charge in [-0.1, -0.05) is 42.8 Å². The lowest BCUT2D eigenvalue weighted by atomic mass is 9.92. The highest BCUT2D eigenvalue weighted by Gasteiger charge is 2.24. The number of aryl methyl sites for hydroxylation is 1. The van der Waals surface area contributed by atoms with E-state index in [2.05, 4.69) is 0 Å². The number of benzene rings is 2. The summed E-state index contributed by atoms with van der Waals surface area (Å²) in [5.74, 6) is -2.98. The van der Waals surface area contributed by atoms with Gasteiger partial charge in [0.15, 0.2) is 0 Å². The Bertz CT molecular complexity index is 780. The van der Waals surface area contributed by atoms with E-state index in [-0.39, 0.29) is 12.0 Å². The SMILES string of the molecule is CCC(Cc1cc(C)ccc1C(=O)O)C(=O)OC(=O)c1ccccc1. The van der Waals surface area contributed by atoms with E-state index in [1.807, 2.05) is 6.92 Å². The minimum atomic E-state index is -1.04. The lowest BCUT2D eigenvalue weighted by molar-refractivity contribution is -0.142. The summed E-state index contributed by atoms with van der Waals surface area (Å²) in [6.45, 7) is 3.66. The number of hydrogen-bond donors (Lipinski definition) is 1. The average Bonchev–Trinajstić information content (AvgIpc) is 2.60. The molecule has 0 fully saturated rings. The molecule has 2 aromatic carbocycles. The molecule has 130 valence electrons. The van der Waals surface area contributed by atoms with E-state index in [9.17, 15) is 19.5 Å². The number of carbonyl (C=O) groups excluding carboxylic acids is 2. The van der Waals surface area contributed by atoms with E-state index in [0.29, 0.717) is 17.5 Å². The highest BCUT2D eigenvalue weighted by atomic mass is 16.6. The fourth-order valence-electron chi connectivity index (χ4n) is 2.57. The first-order valence-corrected chi connectivity index (χ1v) is 8.06. The molecule has 2 rings (SSSR count). The Kier molecular flexibility index (Phi) is 6.06. The summed E-state index contributed by atoms with van der Waals surface area (Å²) < 4.78 is 4.97. The lowest BCUT2D eigenvalue weighted by Gasteiger charge is -2.15. The molecule has 1 atom stereocenters. The van der Waals surface area contributed by atoms with Gasteiger partial charge < -0.3 is 9.84 Å². The molecule has 1 unspecified atom stereocenters. The molecule has 0 spiro atoms. The molecular weight excluding hydrogens is 320 g/mol. The first-order valence-electron chi connectivity index (χ1n) is 8.06. The molecule has 0 saturated carbocycles. The second-order valence-electron chi connectivity index (χ2n) is 5.85. The van der Waals surface area contributed by atoms with Crippen molar-refractivity contribution in [3.8, 4) is 0 Å². The summed E-state index contributed by atoms with van der Waals surface area (Å²) in [7, 11) is 0. The molecule has 25 heavy (non-hydrogen) atoms. The van der Waals surface area contributed by atoms with E-state index in [4.69, 9.17) is 4.74 Å². The van der Waals surface area contributed by atoms with Gasteiger partial charge in [0, 0.05) is 0 Å². The summed E-state index contributed by atoms with van der Waals surface area (Å²) in [6, 6.07) is 13.3. The van der Waals surface area contributed by atoms with Gasteiger partial charge in [0.1, 0.15) is 0 Å². The van der Waals surface area contributed by atoms with Crippen molar-refractivity contribution in [2.45, 2.75) is 26.7 Å². The average molecular weight is 340 g/mol. The van der Waals surface area contributed by atoms with Crippen LogP contribution in [0.4, 0.5) is 0 Å². The van der Waals surface area contributed by atoms with E-state index >= 15 is 0 Å². The summed E-state index contributed by atoms with van der Waals surface area (Å²) in [4.78, 5) is 35.7. The molecule has 0 aliphatic carbocycles. The number of ether oxygens (including phenoxy) is 1. The van der Waals surface area contributed by atoms with Crippen LogP contribution in [0.2, 0.25) is 0 Å². The van der Waals surface area contributed by atoms with Gasteiger partial charge in [-0.05, 0) is 43.5 Å². The molecule has 0 aliphatic rings. The minimum absolute atomic E-state index is 0.159. The summed E-state index contributed by atoms with van der Waals surface area (Å²) in [5, 5.41) is 9.30. The summed E-state index contributed by atoms with van der Waals surface area (Å²) in [5.41, 5.74) is 1.92. The predicted octanol–water partition coefficient (Wildman–Crippen LogP) is 3.65. The van der Waals surface area contributed by atoms with E-state index < -0.39 is 23.8 Å². The van der Waals surface area contributed by atoms with Crippen LogP contribution < -0.4 is 0 Å². The van der Waals surface area contributed by atoms with Crippen LogP contribution in [-0.4, -0.2) is 23.0 Å². The molecule has 1 N–H and O–H groups in total. The van der Waals surface area contributed by atoms with E-state index in [1.165, 1.54) is 6.07 Å². The maximum absolute atomic E-state index is 12.3. The molecule has 5 heteroatoms. The zero-order valence-corrected chi connectivity index (χ0v) is 14.2. The van der Waals surface area contributed by atoms with Crippen LogP contribution in [0.25, 0.3) is 0 Å². The number of carbonyl (C=O) groups is 3. The largest absolute Gasteiger partial charge is 0.478 e. The van der Waals surface area contributed by atoms with Gasteiger partial charge in [0.2, 0.25) is 0 Å². The van der Waals surface area contributed by atoms with Crippen molar-refractivity contribution < 1.29 is 24.2 Å². The Balaban J connectivity index is 2.15. The smallest absolute Gasteiger partial charge is 0.345 e. The quantitative estimate of drug-likeness (QED) is 0.641. The van der Waals surface area contributed by atoms with Crippen LogP contribution in [0.15, 0.2) is 48.5 Å². The maximum atomic E-state index is 12.3. The van der Waals surface area contributed by atoms with Crippen LogP contribution in [0.1, 0.15) is 45.2 Å². The molecule has 2 aromatic rings. The molecule has 0 amide bonds. The first-order chi connectivity index (χ1) is 11.9. The Labute approximate surface area is 146 Å². The third-order valence-corrected chi connectivity index (χ3v) is 3.99. The number of rotatable bonds is 6. The molecule has 5 nitrogen and oxygen atoms in total. The Morgan fingerprint density at radius 3 is 2.36 bits per heavy atom. The predicted molar refractivity (Wildman–Crippen MR) is 92.5 cm³/mol. The molecular formula is C20H20O5. The standard InChI is InChI=1S/C20H20O5/c1-3-14(12-16-11-13(2)9-10-17(16)18(21)22)19(23)25-20(24)15-7-5-4-6-8-15/h4-11,14H,3,12H2,1-2H3,(H,21,22). The Hall–Kier alpha value is -2.95. The van der Waals surface area contributed by atoms with E-state index in [0.717, 1.165) is 5.56 Å². The van der Waals surface area contributed by atoms with Gasteiger partial charge in [-0.3, -0.25) is 4.79 Å². The highest BCUT2D eigenvalue weighted by molar-refractivity contribution is 5.97. The monoisotopic (exact) mass is 340 g/mol. The number of esters is 2. The maximum Gasteiger partial charge on any atom is 0.345 e. The zero-order valence-electron chi connectivity index (χ0n) is 14.2. The highest BCUT2D eigenvalue weighted by Crippen LogP contribution is 2.20. The van der Waals surface area contributed by atoms with Crippen molar-refractivity contribution in [2.24, 2.45) is 5.92 Å². The van der Waals surface area contributed by atoms with Crippen LogP contribution in [0.5, 0.6) is 0 Å². The van der Waals surface area contributed by atoms with Crippen molar-refractivity contribution in [1.82, 2.24) is 0 Å². The van der Waals surface area contributed by atoms with Crippen molar-refractivity contribution in [3.05, 3.63) is 70.8 Å². The van der Waals surface area contributed by atoms with Crippen molar-refractivity contribution >= 4 is 17.9 Å². The molecule has 0 bridgehead atoms. The van der Waals surface area contributed by atoms with Crippen LogP contribution in [0, 0.1) is 12.8 Å². The molecule has 0 saturated heterocycles. The normalized spacial score (nSPS) is 11.6. The number of carboxylic acids is 1. The van der Waals surface area contributed by atoms with Crippen LogP contribution in [0.3, 0.4) is 0 Å². The fourth-order valence-corrected chi connectivity index (χ4v) is 2.57. The lowest BCUT2D eigenvalue weighted by Crippen LogP contribution is -2.23. The van der Waals surface area contributed by atoms with Gasteiger partial charge in [-0.2, -0.15) is 0 Å². The summed E-state index contributed by atoms with van der Waals surface area (Å²) in [6.07, 6.45) is 0.647. The van der Waals surface area contributed by atoms with Gasteiger partial charge in [-0.15, -0.1) is 0 Å². The zero-order chi connectivity index (χ0) is 18.4. The molecule has 0 aliphatic heterocycles. The van der Waals surface area contributed by atoms with Gasteiger partial charge in [0.05, 0.1) is 17.0 Å². The first kappa shape index (κ1) is 18.4. The fraction of sp³-hybridized carbons (Fsp3) is 0.250. The third-order valence-electron chi connectivity index (χ3n) is 3.99. The van der Waals surface area contributed by atoms with Crippen LogP contribution in [-0.2, 0) is 16.0 Å². The number of hydrogen-bond acceptors (Lipinski definition) is 4. The second kappa shape index (κ2) is 8.24.